The predicted octanol–water partition coefficient (Wildman–Crippen LogP) is 3.01. The molecule has 0 aliphatic carbocycles. The lowest BCUT2D eigenvalue weighted by Crippen LogP contribution is -2.33. The minimum atomic E-state index is -1.17. The van der Waals surface area contributed by atoms with Crippen LogP contribution < -0.4 is 0 Å². The Morgan fingerprint density at radius 3 is 2.67 bits per heavy atom. The van der Waals surface area contributed by atoms with Crippen LogP contribution in [0, 0.1) is 5.82 Å². The summed E-state index contributed by atoms with van der Waals surface area (Å²) in [5, 5.41) is 8.99. The number of aromatic nitrogens is 1. The van der Waals surface area contributed by atoms with Crippen molar-refractivity contribution in [3.63, 3.8) is 0 Å². The number of aromatic carboxylic acids is 1. The lowest BCUT2D eigenvalue weighted by molar-refractivity contribution is 0.0690. The Hall–Kier alpha value is -2.76. The van der Waals surface area contributed by atoms with Gasteiger partial charge in [0.25, 0.3) is 5.91 Å². The molecule has 0 radical (unpaired) electrons. The Kier molecular flexibility index (Phi) is 6.01. The molecule has 0 bridgehead atoms. The van der Waals surface area contributed by atoms with E-state index in [4.69, 9.17) is 5.11 Å². The molecule has 2 aromatic rings. The molecule has 126 valence electrons. The van der Waals surface area contributed by atoms with Crippen LogP contribution in [0.5, 0.6) is 0 Å². The van der Waals surface area contributed by atoms with E-state index >= 15 is 0 Å². The molecule has 2 rings (SSSR count). The number of hydrogen-bond donors (Lipinski definition) is 1. The van der Waals surface area contributed by atoms with Crippen molar-refractivity contribution in [1.82, 2.24) is 9.88 Å². The van der Waals surface area contributed by atoms with E-state index < -0.39 is 5.97 Å². The second-order valence-corrected chi connectivity index (χ2v) is 5.41. The van der Waals surface area contributed by atoms with Crippen molar-refractivity contribution in [2.75, 3.05) is 13.1 Å². The number of halogens is 1. The van der Waals surface area contributed by atoms with Crippen LogP contribution in [0.25, 0.3) is 0 Å². The molecule has 0 saturated heterocycles. The maximum Gasteiger partial charge on any atom is 0.354 e. The van der Waals surface area contributed by atoms with Gasteiger partial charge in [-0.05, 0) is 42.7 Å². The van der Waals surface area contributed by atoms with Gasteiger partial charge in [-0.3, -0.25) is 4.79 Å². The van der Waals surface area contributed by atoms with Crippen molar-refractivity contribution < 1.29 is 19.1 Å². The van der Waals surface area contributed by atoms with Gasteiger partial charge in [0.05, 0.1) is 0 Å². The number of amides is 1. The van der Waals surface area contributed by atoms with Gasteiger partial charge in [-0.15, -0.1) is 0 Å². The number of rotatable bonds is 7. The molecule has 0 spiro atoms. The van der Waals surface area contributed by atoms with Crippen LogP contribution >= 0.6 is 0 Å². The van der Waals surface area contributed by atoms with Crippen molar-refractivity contribution in [2.24, 2.45) is 0 Å². The zero-order valence-corrected chi connectivity index (χ0v) is 13.4. The lowest BCUT2D eigenvalue weighted by atomic mass is 10.1. The van der Waals surface area contributed by atoms with Crippen molar-refractivity contribution in [1.29, 1.82) is 0 Å². The number of hydrogen-bond acceptors (Lipinski definition) is 3. The molecule has 0 atom stereocenters. The Morgan fingerprint density at radius 2 is 2.00 bits per heavy atom. The Labute approximate surface area is 139 Å². The highest BCUT2D eigenvalue weighted by Gasteiger charge is 2.17. The third-order valence-electron chi connectivity index (χ3n) is 3.57. The van der Waals surface area contributed by atoms with Gasteiger partial charge in [0.2, 0.25) is 0 Å². The molecule has 24 heavy (non-hydrogen) atoms. The highest BCUT2D eigenvalue weighted by molar-refractivity contribution is 5.96. The second kappa shape index (κ2) is 8.19. The van der Waals surface area contributed by atoms with Crippen molar-refractivity contribution in [3.05, 3.63) is 65.2 Å². The minimum absolute atomic E-state index is 0.164. The van der Waals surface area contributed by atoms with Crippen molar-refractivity contribution >= 4 is 11.9 Å². The summed E-state index contributed by atoms with van der Waals surface area (Å²) in [5.41, 5.74) is 0.933. The molecule has 6 heteroatoms. The monoisotopic (exact) mass is 330 g/mol. The fourth-order valence-corrected chi connectivity index (χ4v) is 2.40. The fraction of sp³-hybridized carbons (Fsp3) is 0.278. The Balaban J connectivity index is 2.12. The smallest absolute Gasteiger partial charge is 0.354 e. The molecule has 1 heterocycles. The van der Waals surface area contributed by atoms with Crippen LogP contribution in [0.4, 0.5) is 4.39 Å². The van der Waals surface area contributed by atoms with Gasteiger partial charge in [-0.25, -0.2) is 14.2 Å². The number of carbonyl (C=O) groups is 2. The number of benzene rings is 1. The SMILES string of the molecule is CCCN(CCc1cccc(F)c1)C(=O)c1ccnc(C(=O)O)c1. The van der Waals surface area contributed by atoms with Gasteiger partial charge >= 0.3 is 5.97 Å². The van der Waals surface area contributed by atoms with Crippen LogP contribution in [0.15, 0.2) is 42.6 Å². The first-order valence-corrected chi connectivity index (χ1v) is 7.74. The summed E-state index contributed by atoms with van der Waals surface area (Å²) in [6, 6.07) is 9.05. The Morgan fingerprint density at radius 1 is 1.21 bits per heavy atom. The van der Waals surface area contributed by atoms with E-state index in [-0.39, 0.29) is 23.0 Å². The highest BCUT2D eigenvalue weighted by Crippen LogP contribution is 2.10. The molecular weight excluding hydrogens is 311 g/mol. The standard InChI is InChI=1S/C18H19FN2O3/c1-2-9-21(10-7-13-4-3-5-15(19)11-13)17(22)14-6-8-20-16(12-14)18(23)24/h3-6,8,11-12H,2,7,9-10H2,1H3,(H,23,24). The first kappa shape index (κ1) is 17.6. The van der Waals surface area contributed by atoms with Gasteiger partial charge < -0.3 is 10.0 Å². The van der Waals surface area contributed by atoms with Crippen LogP contribution in [0.2, 0.25) is 0 Å². The van der Waals surface area contributed by atoms with E-state index in [9.17, 15) is 14.0 Å². The molecule has 1 aromatic heterocycles. The van der Waals surface area contributed by atoms with E-state index in [1.807, 2.05) is 13.0 Å². The van der Waals surface area contributed by atoms with Crippen molar-refractivity contribution in [2.45, 2.75) is 19.8 Å². The van der Waals surface area contributed by atoms with E-state index in [2.05, 4.69) is 4.98 Å². The first-order chi connectivity index (χ1) is 11.5. The Bertz CT molecular complexity index is 734. The number of pyridine rings is 1. The molecule has 0 unspecified atom stereocenters. The summed E-state index contributed by atoms with van der Waals surface area (Å²) in [6.07, 6.45) is 2.61. The minimum Gasteiger partial charge on any atom is -0.477 e. The van der Waals surface area contributed by atoms with Gasteiger partial charge in [0, 0.05) is 24.8 Å². The van der Waals surface area contributed by atoms with Crippen molar-refractivity contribution in [3.8, 4) is 0 Å². The molecule has 1 aromatic carbocycles. The van der Waals surface area contributed by atoms with E-state index in [0.29, 0.717) is 19.5 Å². The van der Waals surface area contributed by atoms with Crippen LogP contribution in [-0.2, 0) is 6.42 Å². The average Bonchev–Trinajstić information content (AvgIpc) is 2.58. The zero-order valence-electron chi connectivity index (χ0n) is 13.4. The number of carbonyl (C=O) groups excluding carboxylic acids is 1. The van der Waals surface area contributed by atoms with Crippen LogP contribution in [-0.4, -0.2) is 40.0 Å². The molecule has 1 amide bonds. The molecule has 0 saturated carbocycles. The van der Waals surface area contributed by atoms with Gasteiger partial charge in [0.1, 0.15) is 11.5 Å². The third kappa shape index (κ3) is 4.62. The molecule has 0 aliphatic rings. The van der Waals surface area contributed by atoms with Crippen LogP contribution in [0.1, 0.15) is 39.8 Å². The second-order valence-electron chi connectivity index (χ2n) is 5.41. The van der Waals surface area contributed by atoms with E-state index in [1.165, 1.54) is 30.5 Å². The summed E-state index contributed by atoms with van der Waals surface area (Å²) in [5.74, 6) is -1.73. The maximum absolute atomic E-state index is 13.2. The predicted molar refractivity (Wildman–Crippen MR) is 87.5 cm³/mol. The van der Waals surface area contributed by atoms with E-state index in [1.54, 1.807) is 11.0 Å². The summed E-state index contributed by atoms with van der Waals surface area (Å²) in [4.78, 5) is 29.0. The zero-order chi connectivity index (χ0) is 17.5. The molecule has 0 aliphatic heterocycles. The number of nitrogens with zero attached hydrogens (tertiary/aromatic N) is 2. The average molecular weight is 330 g/mol. The largest absolute Gasteiger partial charge is 0.477 e. The fourth-order valence-electron chi connectivity index (χ4n) is 2.40. The van der Waals surface area contributed by atoms with E-state index in [0.717, 1.165) is 12.0 Å². The summed E-state index contributed by atoms with van der Waals surface area (Å²) >= 11 is 0. The van der Waals surface area contributed by atoms with Gasteiger partial charge in [0.15, 0.2) is 0 Å². The summed E-state index contributed by atoms with van der Waals surface area (Å²) in [6.45, 7) is 2.93. The van der Waals surface area contributed by atoms with Crippen LogP contribution in [0.3, 0.4) is 0 Å². The molecule has 1 N–H and O–H groups in total. The first-order valence-electron chi connectivity index (χ1n) is 7.74. The molecule has 5 nitrogen and oxygen atoms in total. The quantitative estimate of drug-likeness (QED) is 0.847. The summed E-state index contributed by atoms with van der Waals surface area (Å²) < 4.78 is 13.2. The number of carboxylic acid groups (broad SMARTS) is 1. The van der Waals surface area contributed by atoms with Gasteiger partial charge in [-0.1, -0.05) is 19.1 Å². The summed E-state index contributed by atoms with van der Waals surface area (Å²) in [7, 11) is 0. The third-order valence-corrected chi connectivity index (χ3v) is 3.57. The highest BCUT2D eigenvalue weighted by atomic mass is 19.1. The lowest BCUT2D eigenvalue weighted by Gasteiger charge is -2.22. The molecule has 0 fully saturated rings. The number of carboxylic acids is 1. The molecular formula is C18H19FN2O3. The maximum atomic E-state index is 13.2. The normalized spacial score (nSPS) is 10.4. The topological polar surface area (TPSA) is 70.5 Å². The van der Waals surface area contributed by atoms with Gasteiger partial charge in [-0.2, -0.15) is 0 Å².